The van der Waals surface area contributed by atoms with Crippen LogP contribution in [0.2, 0.25) is 0 Å². The zero-order chi connectivity index (χ0) is 11.6. The van der Waals surface area contributed by atoms with Crippen LogP contribution in [-0.4, -0.2) is 24.6 Å². The number of ether oxygens (including phenoxy) is 1. The first-order chi connectivity index (χ1) is 7.66. The van der Waals surface area contributed by atoms with Crippen molar-refractivity contribution < 1.29 is 9.53 Å². The molecule has 0 saturated heterocycles. The zero-order valence-corrected chi connectivity index (χ0v) is 10.3. The average molecular weight is 240 g/mol. The lowest BCUT2D eigenvalue weighted by Crippen LogP contribution is -2.48. The molecule has 0 spiro atoms. The molecule has 1 aliphatic carbocycles. The topological polar surface area (TPSA) is 51.2 Å². The van der Waals surface area contributed by atoms with Gasteiger partial charge in [0.2, 0.25) is 0 Å². The number of nitrogens with one attached hydrogen (secondary N) is 1. The minimum Gasteiger partial charge on any atom is -0.467 e. The van der Waals surface area contributed by atoms with Crippen molar-refractivity contribution in [2.24, 2.45) is 5.92 Å². The lowest BCUT2D eigenvalue weighted by molar-refractivity contribution is -0.148. The van der Waals surface area contributed by atoms with Gasteiger partial charge in [0.1, 0.15) is 5.01 Å². The molecule has 4 nitrogen and oxygen atoms in total. The highest BCUT2D eigenvalue weighted by molar-refractivity contribution is 7.09. The smallest absolute Gasteiger partial charge is 0.332 e. The molecule has 0 aliphatic heterocycles. The van der Waals surface area contributed by atoms with Crippen molar-refractivity contribution in [2.75, 3.05) is 13.7 Å². The van der Waals surface area contributed by atoms with Crippen LogP contribution in [-0.2, 0) is 15.1 Å². The summed E-state index contributed by atoms with van der Waals surface area (Å²) in [6.07, 6.45) is 4.21. The van der Waals surface area contributed by atoms with E-state index in [9.17, 15) is 4.79 Å². The standard InChI is InChI=1S/C11H16N2O2S/c1-11(10(14)15-2,9-12-5-6-16-9)13-7-8-3-4-8/h5-6,8,13H,3-4,7H2,1-2H3. The molecule has 1 saturated carbocycles. The van der Waals surface area contributed by atoms with E-state index in [0.717, 1.165) is 11.6 Å². The molecule has 1 aliphatic rings. The van der Waals surface area contributed by atoms with Crippen molar-refractivity contribution in [2.45, 2.75) is 25.3 Å². The number of aromatic nitrogens is 1. The van der Waals surface area contributed by atoms with Crippen molar-refractivity contribution >= 4 is 17.3 Å². The van der Waals surface area contributed by atoms with Gasteiger partial charge < -0.3 is 4.74 Å². The summed E-state index contributed by atoms with van der Waals surface area (Å²) in [4.78, 5) is 16.1. The van der Waals surface area contributed by atoms with E-state index in [4.69, 9.17) is 4.74 Å². The minimum absolute atomic E-state index is 0.275. The van der Waals surface area contributed by atoms with Gasteiger partial charge in [0, 0.05) is 11.6 Å². The number of methoxy groups -OCH3 is 1. The number of carbonyl (C=O) groups excluding carboxylic acids is 1. The van der Waals surface area contributed by atoms with E-state index >= 15 is 0 Å². The van der Waals surface area contributed by atoms with Gasteiger partial charge in [-0.05, 0) is 32.2 Å². The Labute approximate surface area is 99.0 Å². The van der Waals surface area contributed by atoms with Gasteiger partial charge in [-0.1, -0.05) is 0 Å². The van der Waals surface area contributed by atoms with Gasteiger partial charge >= 0.3 is 5.97 Å². The van der Waals surface area contributed by atoms with Crippen LogP contribution in [0.4, 0.5) is 0 Å². The highest BCUT2D eigenvalue weighted by Gasteiger charge is 2.39. The monoisotopic (exact) mass is 240 g/mol. The number of thiazole rings is 1. The largest absolute Gasteiger partial charge is 0.467 e. The minimum atomic E-state index is -0.800. The molecule has 5 heteroatoms. The summed E-state index contributed by atoms with van der Waals surface area (Å²) in [6.45, 7) is 2.69. The maximum Gasteiger partial charge on any atom is 0.332 e. The van der Waals surface area contributed by atoms with Crippen LogP contribution in [0.25, 0.3) is 0 Å². The fraction of sp³-hybridized carbons (Fsp3) is 0.636. The van der Waals surface area contributed by atoms with E-state index < -0.39 is 5.54 Å². The van der Waals surface area contributed by atoms with Gasteiger partial charge in [-0.3, -0.25) is 5.32 Å². The fourth-order valence-corrected chi connectivity index (χ4v) is 2.34. The molecule has 1 aromatic heterocycles. The molecule has 1 fully saturated rings. The summed E-state index contributed by atoms with van der Waals surface area (Å²) in [5.74, 6) is 0.437. The second kappa shape index (κ2) is 4.51. The lowest BCUT2D eigenvalue weighted by Gasteiger charge is -2.25. The highest BCUT2D eigenvalue weighted by Crippen LogP contribution is 2.31. The number of carbonyl (C=O) groups is 1. The Morgan fingerprint density at radius 3 is 3.00 bits per heavy atom. The Morgan fingerprint density at radius 1 is 1.75 bits per heavy atom. The van der Waals surface area contributed by atoms with Crippen molar-refractivity contribution in [3.8, 4) is 0 Å². The first kappa shape index (κ1) is 11.5. The Balaban J connectivity index is 2.13. The third-order valence-electron chi connectivity index (χ3n) is 2.89. The number of esters is 1. The third-order valence-corrected chi connectivity index (χ3v) is 3.89. The molecule has 88 valence electrons. The second-order valence-electron chi connectivity index (χ2n) is 4.28. The lowest BCUT2D eigenvalue weighted by atomic mass is 10.0. The quantitative estimate of drug-likeness (QED) is 0.793. The number of hydrogen-bond donors (Lipinski definition) is 1. The van der Waals surface area contributed by atoms with E-state index in [1.807, 2.05) is 12.3 Å². The van der Waals surface area contributed by atoms with Crippen LogP contribution in [0.15, 0.2) is 11.6 Å². The molecule has 0 aromatic carbocycles. The summed E-state index contributed by atoms with van der Waals surface area (Å²) in [5.41, 5.74) is -0.800. The Kier molecular flexibility index (Phi) is 3.25. The molecular formula is C11H16N2O2S. The first-order valence-corrected chi connectivity index (χ1v) is 6.28. The molecule has 2 rings (SSSR count). The van der Waals surface area contributed by atoms with Gasteiger partial charge in [0.25, 0.3) is 0 Å². The summed E-state index contributed by atoms with van der Waals surface area (Å²) in [6, 6.07) is 0. The molecule has 1 aromatic rings. The van der Waals surface area contributed by atoms with E-state index in [1.54, 1.807) is 6.20 Å². The van der Waals surface area contributed by atoms with Crippen molar-refractivity contribution in [3.63, 3.8) is 0 Å². The SMILES string of the molecule is COC(=O)C(C)(NCC1CC1)c1nccs1. The number of hydrogen-bond acceptors (Lipinski definition) is 5. The van der Waals surface area contributed by atoms with Crippen molar-refractivity contribution in [1.82, 2.24) is 10.3 Å². The van der Waals surface area contributed by atoms with Crippen molar-refractivity contribution in [3.05, 3.63) is 16.6 Å². The molecule has 1 atom stereocenters. The molecule has 1 N–H and O–H groups in total. The van der Waals surface area contributed by atoms with Crippen LogP contribution < -0.4 is 5.32 Å². The van der Waals surface area contributed by atoms with Gasteiger partial charge in [-0.2, -0.15) is 0 Å². The number of rotatable bonds is 5. The van der Waals surface area contributed by atoms with E-state index in [0.29, 0.717) is 5.92 Å². The summed E-state index contributed by atoms with van der Waals surface area (Å²) >= 11 is 1.47. The third kappa shape index (κ3) is 2.25. The Bertz CT molecular complexity index is 362. The Hall–Kier alpha value is -0.940. The predicted molar refractivity (Wildman–Crippen MR) is 62.2 cm³/mol. The van der Waals surface area contributed by atoms with Crippen molar-refractivity contribution in [1.29, 1.82) is 0 Å². The normalized spacial score (nSPS) is 19.1. The van der Waals surface area contributed by atoms with E-state index in [2.05, 4.69) is 10.3 Å². The van der Waals surface area contributed by atoms with Gasteiger partial charge in [0.05, 0.1) is 7.11 Å². The van der Waals surface area contributed by atoms with Crippen LogP contribution in [0.5, 0.6) is 0 Å². The number of nitrogens with zero attached hydrogens (tertiary/aromatic N) is 1. The van der Waals surface area contributed by atoms with E-state index in [1.165, 1.54) is 31.3 Å². The van der Waals surface area contributed by atoms with Crippen LogP contribution in [0.3, 0.4) is 0 Å². The predicted octanol–water partition coefficient (Wildman–Crippen LogP) is 1.53. The van der Waals surface area contributed by atoms with Gasteiger partial charge in [-0.25, -0.2) is 9.78 Å². The van der Waals surface area contributed by atoms with Gasteiger partial charge in [0.15, 0.2) is 5.54 Å². The molecule has 0 radical (unpaired) electrons. The zero-order valence-electron chi connectivity index (χ0n) is 9.53. The molecular weight excluding hydrogens is 224 g/mol. The Morgan fingerprint density at radius 2 is 2.50 bits per heavy atom. The average Bonchev–Trinajstić information content (AvgIpc) is 2.96. The summed E-state index contributed by atoms with van der Waals surface area (Å²) in [5, 5.41) is 5.92. The molecule has 0 bridgehead atoms. The van der Waals surface area contributed by atoms with Crippen LogP contribution in [0.1, 0.15) is 24.8 Å². The van der Waals surface area contributed by atoms with Crippen LogP contribution in [0, 0.1) is 5.92 Å². The molecule has 1 unspecified atom stereocenters. The highest BCUT2D eigenvalue weighted by atomic mass is 32.1. The molecule has 0 amide bonds. The van der Waals surface area contributed by atoms with Crippen LogP contribution >= 0.6 is 11.3 Å². The van der Waals surface area contributed by atoms with E-state index in [-0.39, 0.29) is 5.97 Å². The second-order valence-corrected chi connectivity index (χ2v) is 5.17. The molecule has 1 heterocycles. The summed E-state index contributed by atoms with van der Waals surface area (Å²) < 4.78 is 4.86. The first-order valence-electron chi connectivity index (χ1n) is 5.40. The maximum absolute atomic E-state index is 11.8. The van der Waals surface area contributed by atoms with Gasteiger partial charge in [-0.15, -0.1) is 11.3 Å². The fourth-order valence-electron chi connectivity index (χ4n) is 1.58. The summed E-state index contributed by atoms with van der Waals surface area (Å²) in [7, 11) is 1.41. The maximum atomic E-state index is 11.8. The molecule has 16 heavy (non-hydrogen) atoms.